The highest BCUT2D eigenvalue weighted by Gasteiger charge is 2.23. The van der Waals surface area contributed by atoms with E-state index in [0.717, 1.165) is 29.5 Å². The number of carbonyl (C=O) groups is 2. The van der Waals surface area contributed by atoms with Crippen molar-refractivity contribution in [3.8, 4) is 11.1 Å². The van der Waals surface area contributed by atoms with Crippen LogP contribution in [0, 0.1) is 6.92 Å². The minimum atomic E-state index is -0.262. The Labute approximate surface area is 146 Å². The van der Waals surface area contributed by atoms with Gasteiger partial charge in [-0.1, -0.05) is 29.8 Å². The van der Waals surface area contributed by atoms with Gasteiger partial charge in [-0.05, 0) is 60.7 Å². The molecule has 24 heavy (non-hydrogen) atoms. The molecule has 0 atom stereocenters. The number of amides is 2. The fourth-order valence-electron chi connectivity index (χ4n) is 2.50. The molecule has 2 aromatic rings. The highest BCUT2D eigenvalue weighted by atomic mass is 35.5. The van der Waals surface area contributed by atoms with Gasteiger partial charge in [-0.15, -0.1) is 0 Å². The van der Waals surface area contributed by atoms with Gasteiger partial charge in [0.25, 0.3) is 5.91 Å². The Kier molecular flexibility index (Phi) is 4.86. The van der Waals surface area contributed by atoms with Gasteiger partial charge in [-0.25, -0.2) is 0 Å². The number of hydrogen-bond acceptors (Lipinski definition) is 2. The molecule has 0 aliphatic heterocycles. The number of carbonyl (C=O) groups excluding carboxylic acids is 2. The molecule has 0 aromatic heterocycles. The lowest BCUT2D eigenvalue weighted by Gasteiger charge is -2.10. The van der Waals surface area contributed by atoms with Crippen LogP contribution in [-0.2, 0) is 4.79 Å². The van der Waals surface area contributed by atoms with Gasteiger partial charge in [-0.3, -0.25) is 9.59 Å². The molecule has 1 fully saturated rings. The van der Waals surface area contributed by atoms with Gasteiger partial charge in [0.1, 0.15) is 0 Å². The average molecular weight is 343 g/mol. The minimum absolute atomic E-state index is 0.00421. The monoisotopic (exact) mass is 342 g/mol. The van der Waals surface area contributed by atoms with Crippen LogP contribution >= 0.6 is 11.6 Å². The molecule has 1 saturated carbocycles. The smallest absolute Gasteiger partial charge is 0.251 e. The molecule has 5 heteroatoms. The van der Waals surface area contributed by atoms with Gasteiger partial charge < -0.3 is 10.6 Å². The van der Waals surface area contributed by atoms with E-state index in [4.69, 9.17) is 11.6 Å². The predicted molar refractivity (Wildman–Crippen MR) is 95.1 cm³/mol. The third kappa shape index (κ3) is 4.15. The third-order valence-electron chi connectivity index (χ3n) is 3.99. The average Bonchev–Trinajstić information content (AvgIpc) is 3.39. The van der Waals surface area contributed by atoms with Crippen LogP contribution in [0.2, 0.25) is 5.02 Å². The van der Waals surface area contributed by atoms with Crippen molar-refractivity contribution < 1.29 is 9.59 Å². The van der Waals surface area contributed by atoms with Crippen LogP contribution in [0.5, 0.6) is 0 Å². The molecule has 1 aliphatic carbocycles. The first-order chi connectivity index (χ1) is 11.5. The van der Waals surface area contributed by atoms with Gasteiger partial charge in [-0.2, -0.15) is 0 Å². The SMILES string of the molecule is Cc1ccc(Cl)cc1-c1cccc(C(=O)NCC(=O)NC2CC2)c1. The van der Waals surface area contributed by atoms with Crippen molar-refractivity contribution in [2.24, 2.45) is 0 Å². The molecule has 4 nitrogen and oxygen atoms in total. The zero-order chi connectivity index (χ0) is 17.1. The number of hydrogen-bond donors (Lipinski definition) is 2. The van der Waals surface area contributed by atoms with Crippen molar-refractivity contribution in [3.63, 3.8) is 0 Å². The van der Waals surface area contributed by atoms with Crippen LogP contribution in [0.3, 0.4) is 0 Å². The molecule has 2 N–H and O–H groups in total. The van der Waals surface area contributed by atoms with Crippen LogP contribution in [0.4, 0.5) is 0 Å². The lowest BCUT2D eigenvalue weighted by molar-refractivity contribution is -0.120. The van der Waals surface area contributed by atoms with Crippen molar-refractivity contribution >= 4 is 23.4 Å². The largest absolute Gasteiger partial charge is 0.352 e. The van der Waals surface area contributed by atoms with Crippen molar-refractivity contribution in [1.82, 2.24) is 10.6 Å². The predicted octanol–water partition coefficient (Wildman–Crippen LogP) is 3.32. The molecule has 0 saturated heterocycles. The molecule has 1 aliphatic rings. The van der Waals surface area contributed by atoms with Gasteiger partial charge >= 0.3 is 0 Å². The maximum absolute atomic E-state index is 12.3. The van der Waals surface area contributed by atoms with Crippen molar-refractivity contribution in [1.29, 1.82) is 0 Å². The second-order valence-corrected chi connectivity index (χ2v) is 6.50. The first kappa shape index (κ1) is 16.5. The minimum Gasteiger partial charge on any atom is -0.352 e. The highest BCUT2D eigenvalue weighted by molar-refractivity contribution is 6.30. The molecule has 0 heterocycles. The van der Waals surface area contributed by atoms with Crippen LogP contribution in [0.25, 0.3) is 11.1 Å². The van der Waals surface area contributed by atoms with Crippen LogP contribution in [0.15, 0.2) is 42.5 Å². The normalized spacial score (nSPS) is 13.4. The summed E-state index contributed by atoms with van der Waals surface area (Å²) in [4.78, 5) is 23.9. The summed E-state index contributed by atoms with van der Waals surface area (Å²) in [6, 6.07) is 13.3. The van der Waals surface area contributed by atoms with Crippen LogP contribution in [0.1, 0.15) is 28.8 Å². The number of nitrogens with one attached hydrogen (secondary N) is 2. The fraction of sp³-hybridized carbons (Fsp3) is 0.263. The molecule has 2 amide bonds. The van der Waals surface area contributed by atoms with Crippen molar-refractivity contribution in [2.45, 2.75) is 25.8 Å². The van der Waals surface area contributed by atoms with Gasteiger partial charge in [0.2, 0.25) is 5.91 Å². The Balaban J connectivity index is 1.71. The number of rotatable bonds is 5. The van der Waals surface area contributed by atoms with Crippen molar-refractivity contribution in [2.75, 3.05) is 6.54 Å². The summed E-state index contributed by atoms with van der Waals surface area (Å²) in [6.07, 6.45) is 2.06. The molecule has 124 valence electrons. The van der Waals surface area contributed by atoms with Crippen molar-refractivity contribution in [3.05, 3.63) is 58.6 Å². The Morgan fingerprint density at radius 1 is 1.17 bits per heavy atom. The van der Waals surface area contributed by atoms with E-state index < -0.39 is 0 Å². The maximum atomic E-state index is 12.3. The molecular formula is C19H19ClN2O2. The van der Waals surface area contributed by atoms with Gasteiger partial charge in [0.05, 0.1) is 6.54 Å². The summed E-state index contributed by atoms with van der Waals surface area (Å²) in [5, 5.41) is 6.16. The second kappa shape index (κ2) is 7.05. The maximum Gasteiger partial charge on any atom is 0.251 e. The number of aryl methyl sites for hydroxylation is 1. The van der Waals surface area contributed by atoms with E-state index in [1.54, 1.807) is 6.07 Å². The Morgan fingerprint density at radius 3 is 2.71 bits per heavy atom. The van der Waals surface area contributed by atoms with E-state index in [1.165, 1.54) is 0 Å². The van der Waals surface area contributed by atoms with Gasteiger partial charge in [0, 0.05) is 16.6 Å². The first-order valence-corrected chi connectivity index (χ1v) is 8.35. The summed E-state index contributed by atoms with van der Waals surface area (Å²) >= 11 is 6.08. The van der Waals surface area contributed by atoms with E-state index in [9.17, 15) is 9.59 Å². The highest BCUT2D eigenvalue weighted by Crippen LogP contribution is 2.27. The van der Waals surface area contributed by atoms with Crippen LogP contribution < -0.4 is 10.6 Å². The molecule has 0 bridgehead atoms. The first-order valence-electron chi connectivity index (χ1n) is 7.97. The van der Waals surface area contributed by atoms with Gasteiger partial charge in [0.15, 0.2) is 0 Å². The molecule has 2 aromatic carbocycles. The van der Waals surface area contributed by atoms with E-state index in [1.807, 2.05) is 43.3 Å². The lowest BCUT2D eigenvalue weighted by atomic mass is 9.99. The van der Waals surface area contributed by atoms with E-state index in [-0.39, 0.29) is 18.4 Å². The summed E-state index contributed by atoms with van der Waals surface area (Å²) in [5.74, 6) is -0.407. The zero-order valence-corrected chi connectivity index (χ0v) is 14.2. The fourth-order valence-corrected chi connectivity index (χ4v) is 2.67. The Morgan fingerprint density at radius 2 is 1.96 bits per heavy atom. The summed E-state index contributed by atoms with van der Waals surface area (Å²) in [7, 11) is 0. The third-order valence-corrected chi connectivity index (χ3v) is 4.22. The summed E-state index contributed by atoms with van der Waals surface area (Å²) in [5.41, 5.74) is 3.51. The standard InChI is InChI=1S/C19H19ClN2O2/c1-12-5-6-15(20)10-17(12)13-3-2-4-14(9-13)19(24)21-11-18(23)22-16-7-8-16/h2-6,9-10,16H,7-8,11H2,1H3,(H,21,24)(H,22,23). The zero-order valence-electron chi connectivity index (χ0n) is 13.4. The molecule has 0 spiro atoms. The topological polar surface area (TPSA) is 58.2 Å². The molecule has 3 rings (SSSR count). The van der Waals surface area contributed by atoms with E-state index >= 15 is 0 Å². The lowest BCUT2D eigenvalue weighted by Crippen LogP contribution is -2.37. The quantitative estimate of drug-likeness (QED) is 0.875. The van der Waals surface area contributed by atoms with Crippen LogP contribution in [-0.4, -0.2) is 24.4 Å². The second-order valence-electron chi connectivity index (χ2n) is 6.06. The molecule has 0 radical (unpaired) electrons. The Hall–Kier alpha value is -2.33. The number of benzene rings is 2. The number of halogens is 1. The molecule has 0 unspecified atom stereocenters. The Bertz CT molecular complexity index is 785. The molecular weight excluding hydrogens is 324 g/mol. The summed E-state index contributed by atoms with van der Waals surface area (Å²) in [6.45, 7) is 2.00. The van der Waals surface area contributed by atoms with E-state index in [0.29, 0.717) is 16.6 Å². The summed E-state index contributed by atoms with van der Waals surface area (Å²) < 4.78 is 0. The van der Waals surface area contributed by atoms with E-state index in [2.05, 4.69) is 10.6 Å².